The third kappa shape index (κ3) is 0.933. The van der Waals surface area contributed by atoms with Gasteiger partial charge in [-0.2, -0.15) is 4.39 Å². The molecule has 0 saturated carbocycles. The molecule has 0 atom stereocenters. The summed E-state index contributed by atoms with van der Waals surface area (Å²) in [5.74, 6) is -0.454. The number of aromatic nitrogens is 1. The predicted molar refractivity (Wildman–Crippen MR) is 24.6 cm³/mol. The van der Waals surface area contributed by atoms with Crippen molar-refractivity contribution in [1.29, 1.82) is 0 Å². The van der Waals surface area contributed by atoms with E-state index < -0.39 is 5.95 Å². The van der Waals surface area contributed by atoms with E-state index in [1.54, 1.807) is 0 Å². The second-order valence-electron chi connectivity index (χ2n) is 1.08. The molecule has 1 heterocycles. The highest BCUT2D eigenvalue weighted by Gasteiger charge is 1.89. The minimum atomic E-state index is -0.454. The summed E-state index contributed by atoms with van der Waals surface area (Å²) < 4.78 is 11.8. The van der Waals surface area contributed by atoms with Crippen LogP contribution in [0.4, 0.5) is 4.39 Å². The maximum atomic E-state index is 11.8. The molecule has 0 spiro atoms. The first-order valence-corrected chi connectivity index (χ1v) is 2.08. The number of rotatable bonds is 0. The maximum absolute atomic E-state index is 11.8. The lowest BCUT2D eigenvalue weighted by Crippen LogP contribution is -1.64. The first-order valence-electron chi connectivity index (χ1n) is 1.71. The number of nitrogens with one attached hydrogen (secondary N) is 1. The molecule has 0 aliphatic heterocycles. The Morgan fingerprint density at radius 1 is 1.86 bits per heavy atom. The smallest absolute Gasteiger partial charge is 0.192 e. The molecule has 0 fully saturated rings. The summed E-state index contributed by atoms with van der Waals surface area (Å²) >= 11 is 5.21. The highest BCUT2D eigenvalue weighted by atomic mass is 35.5. The van der Waals surface area contributed by atoms with E-state index in [0.29, 0.717) is 0 Å². The van der Waals surface area contributed by atoms with Crippen LogP contribution in [-0.4, -0.2) is 4.98 Å². The van der Waals surface area contributed by atoms with Gasteiger partial charge in [-0.05, 0) is 0 Å². The van der Waals surface area contributed by atoms with Crippen LogP contribution in [0, 0.1) is 12.0 Å². The highest BCUT2D eigenvalue weighted by molar-refractivity contribution is 6.29. The number of hydrogen-bond acceptors (Lipinski definition) is 0. The second kappa shape index (κ2) is 1.54. The van der Waals surface area contributed by atoms with Crippen LogP contribution < -0.4 is 0 Å². The van der Waals surface area contributed by atoms with Gasteiger partial charge < -0.3 is 4.98 Å². The zero-order valence-electron chi connectivity index (χ0n) is 3.33. The first-order chi connectivity index (χ1) is 3.29. The molecule has 1 aromatic rings. The van der Waals surface area contributed by atoms with E-state index in [-0.39, 0.29) is 5.15 Å². The van der Waals surface area contributed by atoms with Crippen molar-refractivity contribution in [2.75, 3.05) is 0 Å². The Balaban J connectivity index is 3.04. The van der Waals surface area contributed by atoms with Crippen LogP contribution in [0.15, 0.2) is 6.07 Å². The van der Waals surface area contributed by atoms with Gasteiger partial charge in [-0.1, -0.05) is 11.6 Å². The van der Waals surface area contributed by atoms with Crippen LogP contribution in [0.5, 0.6) is 0 Å². The van der Waals surface area contributed by atoms with Crippen LogP contribution in [0.2, 0.25) is 5.15 Å². The number of hydrogen-bond donors (Lipinski definition) is 1. The Labute approximate surface area is 45.1 Å². The summed E-state index contributed by atoms with van der Waals surface area (Å²) in [6.07, 6.45) is 0. The van der Waals surface area contributed by atoms with Gasteiger partial charge in [0.05, 0.1) is 0 Å². The van der Waals surface area contributed by atoms with E-state index in [2.05, 4.69) is 11.1 Å². The molecule has 0 aromatic carbocycles. The van der Waals surface area contributed by atoms with Crippen LogP contribution in [0.25, 0.3) is 0 Å². The van der Waals surface area contributed by atoms with Crippen molar-refractivity contribution in [1.82, 2.24) is 4.98 Å². The summed E-state index contributed by atoms with van der Waals surface area (Å²) in [5.41, 5.74) is 0. The van der Waals surface area contributed by atoms with Gasteiger partial charge in [0.15, 0.2) is 5.95 Å². The fraction of sp³-hybridized carbons (Fsp3) is 0. The van der Waals surface area contributed by atoms with E-state index in [0.717, 1.165) is 6.07 Å². The van der Waals surface area contributed by atoms with Gasteiger partial charge in [-0.15, -0.1) is 0 Å². The van der Waals surface area contributed by atoms with Gasteiger partial charge in [0, 0.05) is 12.1 Å². The van der Waals surface area contributed by atoms with E-state index in [4.69, 9.17) is 11.6 Å². The van der Waals surface area contributed by atoms with Gasteiger partial charge in [-0.3, -0.25) is 0 Å². The summed E-state index contributed by atoms with van der Waals surface area (Å²) in [6, 6.07) is 3.54. The lowest BCUT2D eigenvalue weighted by molar-refractivity contribution is 0.592. The zero-order chi connectivity index (χ0) is 5.28. The van der Waals surface area contributed by atoms with Gasteiger partial charge in [0.1, 0.15) is 5.15 Å². The van der Waals surface area contributed by atoms with E-state index >= 15 is 0 Å². The van der Waals surface area contributed by atoms with Crippen molar-refractivity contribution in [3.63, 3.8) is 0 Å². The van der Waals surface area contributed by atoms with Gasteiger partial charge in [0.25, 0.3) is 0 Å². The van der Waals surface area contributed by atoms with E-state index in [1.807, 2.05) is 0 Å². The molecule has 0 aliphatic rings. The molecule has 0 unspecified atom stereocenters. The van der Waals surface area contributed by atoms with Crippen LogP contribution in [0.1, 0.15) is 0 Å². The van der Waals surface area contributed by atoms with Crippen LogP contribution in [-0.2, 0) is 0 Å². The Bertz CT molecular complexity index is 144. The molecule has 1 nitrogen and oxygen atoms in total. The van der Waals surface area contributed by atoms with Crippen molar-refractivity contribution in [3.8, 4) is 0 Å². The quantitative estimate of drug-likeness (QED) is 0.533. The number of H-pyrrole nitrogens is 1. The molecular weight excluding hydrogens is 117 g/mol. The van der Waals surface area contributed by atoms with E-state index in [1.165, 1.54) is 0 Å². The standard InChI is InChI=1S/C4H2ClFN/c5-3-1-2-4(6)7-3/h2,7H. The van der Waals surface area contributed by atoms with Gasteiger partial charge in [0.2, 0.25) is 0 Å². The van der Waals surface area contributed by atoms with Gasteiger partial charge in [-0.25, -0.2) is 0 Å². The van der Waals surface area contributed by atoms with Crippen LogP contribution >= 0.6 is 11.6 Å². The predicted octanol–water partition coefficient (Wildman–Crippen LogP) is 1.61. The monoisotopic (exact) mass is 118 g/mol. The Morgan fingerprint density at radius 3 is 2.71 bits per heavy atom. The first kappa shape index (κ1) is 4.65. The Kier molecular flexibility index (Phi) is 1.02. The minimum absolute atomic E-state index is 0.206. The summed E-state index contributed by atoms with van der Waals surface area (Å²) in [4.78, 5) is 2.18. The molecular formula is C4H2ClFN. The van der Waals surface area contributed by atoms with E-state index in [9.17, 15) is 4.39 Å². The summed E-state index contributed by atoms with van der Waals surface area (Å²) in [5, 5.41) is 0.206. The molecule has 7 heavy (non-hydrogen) atoms. The lowest BCUT2D eigenvalue weighted by Gasteiger charge is -1.70. The van der Waals surface area contributed by atoms with Crippen molar-refractivity contribution in [2.45, 2.75) is 0 Å². The summed E-state index contributed by atoms with van der Waals surface area (Å²) in [6.45, 7) is 0. The molecule has 1 N–H and O–H groups in total. The average Bonchev–Trinajstić information content (AvgIpc) is 1.87. The molecule has 1 rings (SSSR count). The molecule has 3 heteroatoms. The molecule has 0 saturated heterocycles. The molecule has 37 valence electrons. The molecule has 0 amide bonds. The fourth-order valence-corrected chi connectivity index (χ4v) is 0.449. The number of aromatic amines is 1. The largest absolute Gasteiger partial charge is 0.322 e. The molecule has 1 aromatic heterocycles. The van der Waals surface area contributed by atoms with Crippen molar-refractivity contribution >= 4 is 11.6 Å². The SMILES string of the molecule is Fc1c[c]c(Cl)[nH]1. The topological polar surface area (TPSA) is 15.8 Å². The van der Waals surface area contributed by atoms with Crippen LogP contribution in [0.3, 0.4) is 0 Å². The lowest BCUT2D eigenvalue weighted by atomic mass is 10.7. The highest BCUT2D eigenvalue weighted by Crippen LogP contribution is 2.03. The molecule has 0 aliphatic carbocycles. The molecule has 1 radical (unpaired) electrons. The average molecular weight is 119 g/mol. The Morgan fingerprint density at radius 2 is 2.57 bits per heavy atom. The Hall–Kier alpha value is -0.500. The third-order valence-electron chi connectivity index (χ3n) is 0.555. The third-order valence-corrected chi connectivity index (χ3v) is 0.758. The van der Waals surface area contributed by atoms with Crippen molar-refractivity contribution in [2.24, 2.45) is 0 Å². The fourth-order valence-electron chi connectivity index (χ4n) is 0.304. The normalized spacial score (nSPS) is 9.43. The molecule has 0 bridgehead atoms. The zero-order valence-corrected chi connectivity index (χ0v) is 4.09. The van der Waals surface area contributed by atoms with Crippen molar-refractivity contribution < 1.29 is 4.39 Å². The van der Waals surface area contributed by atoms with Gasteiger partial charge >= 0.3 is 0 Å². The maximum Gasteiger partial charge on any atom is 0.192 e. The second-order valence-corrected chi connectivity index (χ2v) is 1.45. The minimum Gasteiger partial charge on any atom is -0.322 e. The van der Waals surface area contributed by atoms with Crippen molar-refractivity contribution in [3.05, 3.63) is 23.2 Å². The summed E-state index contributed by atoms with van der Waals surface area (Å²) in [7, 11) is 0. The number of halogens is 2.